The van der Waals surface area contributed by atoms with Crippen LogP contribution in [0.15, 0.2) is 54.7 Å². The molecule has 3 aromatic rings. The van der Waals surface area contributed by atoms with Gasteiger partial charge in [-0.3, -0.25) is 10.1 Å². The summed E-state index contributed by atoms with van der Waals surface area (Å²) in [4.78, 5) is 16.8. The van der Waals surface area contributed by atoms with Crippen LogP contribution in [0.25, 0.3) is 0 Å². The van der Waals surface area contributed by atoms with E-state index in [1.54, 1.807) is 6.20 Å². The summed E-state index contributed by atoms with van der Waals surface area (Å²) >= 11 is 1.27. The summed E-state index contributed by atoms with van der Waals surface area (Å²) in [6.45, 7) is 0.505. The van der Waals surface area contributed by atoms with Gasteiger partial charge in [0.25, 0.3) is 5.91 Å². The maximum Gasteiger partial charge on any atom is 0.252 e. The van der Waals surface area contributed by atoms with E-state index in [1.165, 1.54) is 17.4 Å². The number of nitrogens with one attached hydrogen (secondary N) is 1. The third-order valence-corrected chi connectivity index (χ3v) is 4.55. The second kappa shape index (κ2) is 9.91. The number of carbonyl (C=O) groups is 1. The average molecular weight is 404 g/mol. The Hall–Kier alpha value is -2.84. The minimum Gasteiger partial charge on any atom is -0.491 e. The van der Waals surface area contributed by atoms with Gasteiger partial charge in [-0.1, -0.05) is 24.3 Å². The molecule has 0 saturated heterocycles. The van der Waals surface area contributed by atoms with Gasteiger partial charge in [-0.2, -0.15) is 0 Å². The van der Waals surface area contributed by atoms with Gasteiger partial charge in [0.15, 0.2) is 16.8 Å². The summed E-state index contributed by atoms with van der Waals surface area (Å²) in [6, 6.07) is 13.1. The Labute approximate surface area is 164 Å². The van der Waals surface area contributed by atoms with E-state index in [-0.39, 0.29) is 19.1 Å². The van der Waals surface area contributed by atoms with Crippen LogP contribution in [0.3, 0.4) is 0 Å². The fraction of sp³-hybridized carbons (Fsp3) is 0.200. The number of hydrogen-bond donors (Lipinski definition) is 1. The lowest BCUT2D eigenvalue weighted by molar-refractivity contribution is -0.120. The molecule has 0 atom stereocenters. The minimum absolute atomic E-state index is 0.115. The van der Waals surface area contributed by atoms with Crippen LogP contribution in [0.5, 0.6) is 5.75 Å². The van der Waals surface area contributed by atoms with Gasteiger partial charge in [-0.15, -0.1) is 11.3 Å². The zero-order valence-electron chi connectivity index (χ0n) is 14.9. The number of ether oxygens (including phenoxy) is 2. The van der Waals surface area contributed by atoms with Gasteiger partial charge in [0, 0.05) is 17.5 Å². The van der Waals surface area contributed by atoms with Crippen LogP contribution in [0.4, 0.5) is 13.9 Å². The number of thiazole rings is 1. The first kappa shape index (κ1) is 19.9. The van der Waals surface area contributed by atoms with Crippen molar-refractivity contribution in [3.63, 3.8) is 0 Å². The number of anilines is 1. The van der Waals surface area contributed by atoms with Crippen LogP contribution in [0.2, 0.25) is 0 Å². The number of amides is 1. The van der Waals surface area contributed by atoms with Crippen molar-refractivity contribution in [2.75, 3.05) is 25.1 Å². The molecule has 3 rings (SSSR count). The molecule has 0 spiro atoms. The van der Waals surface area contributed by atoms with Crippen LogP contribution in [-0.2, 0) is 16.0 Å². The number of carbonyl (C=O) groups excluding carboxylic acids is 1. The van der Waals surface area contributed by atoms with Crippen LogP contribution in [-0.4, -0.2) is 30.7 Å². The molecular weight excluding hydrogens is 386 g/mol. The number of nitrogens with zero attached hydrogens (tertiary/aromatic N) is 1. The van der Waals surface area contributed by atoms with E-state index in [4.69, 9.17) is 9.47 Å². The Kier molecular flexibility index (Phi) is 7.05. The van der Waals surface area contributed by atoms with Gasteiger partial charge in [0.2, 0.25) is 0 Å². The number of aromatic nitrogens is 1. The van der Waals surface area contributed by atoms with Crippen LogP contribution >= 0.6 is 11.3 Å². The fourth-order valence-corrected chi connectivity index (χ4v) is 3.22. The quantitative estimate of drug-likeness (QED) is 0.547. The summed E-state index contributed by atoms with van der Waals surface area (Å²) in [5.74, 6) is -1.35. The highest BCUT2D eigenvalue weighted by Gasteiger charge is 2.09. The zero-order valence-corrected chi connectivity index (χ0v) is 15.7. The molecule has 1 heterocycles. The Morgan fingerprint density at radius 2 is 1.89 bits per heavy atom. The molecule has 2 aromatic carbocycles. The third kappa shape index (κ3) is 6.11. The number of rotatable bonds is 9. The van der Waals surface area contributed by atoms with Crippen molar-refractivity contribution in [1.82, 2.24) is 4.98 Å². The van der Waals surface area contributed by atoms with Gasteiger partial charge in [0.05, 0.1) is 6.61 Å². The lowest BCUT2D eigenvalue weighted by atomic mass is 10.1. The predicted molar refractivity (Wildman–Crippen MR) is 103 cm³/mol. The highest BCUT2D eigenvalue weighted by Crippen LogP contribution is 2.22. The van der Waals surface area contributed by atoms with E-state index in [1.807, 2.05) is 30.3 Å². The van der Waals surface area contributed by atoms with Crippen LogP contribution < -0.4 is 10.1 Å². The van der Waals surface area contributed by atoms with Crippen LogP contribution in [0, 0.1) is 11.6 Å². The van der Waals surface area contributed by atoms with Crippen molar-refractivity contribution in [1.29, 1.82) is 0 Å². The largest absolute Gasteiger partial charge is 0.491 e. The SMILES string of the molecule is O=C(COCCOc1ccccc1)Nc1ncc(Cc2ccc(F)c(F)c2)s1. The lowest BCUT2D eigenvalue weighted by Crippen LogP contribution is -2.20. The molecule has 0 aliphatic carbocycles. The number of hydrogen-bond acceptors (Lipinski definition) is 5. The maximum atomic E-state index is 13.3. The number of halogens is 2. The third-order valence-electron chi connectivity index (χ3n) is 3.64. The molecule has 0 bridgehead atoms. The summed E-state index contributed by atoms with van der Waals surface area (Å²) in [6.07, 6.45) is 1.99. The summed E-state index contributed by atoms with van der Waals surface area (Å²) in [5, 5.41) is 3.07. The number of benzene rings is 2. The van der Waals surface area contributed by atoms with Gasteiger partial charge < -0.3 is 9.47 Å². The maximum absolute atomic E-state index is 13.3. The van der Waals surface area contributed by atoms with Crippen molar-refractivity contribution in [3.05, 3.63) is 76.8 Å². The van der Waals surface area contributed by atoms with E-state index in [2.05, 4.69) is 10.3 Å². The van der Waals surface area contributed by atoms with Gasteiger partial charge in [-0.25, -0.2) is 13.8 Å². The smallest absolute Gasteiger partial charge is 0.252 e. The zero-order chi connectivity index (χ0) is 19.8. The highest BCUT2D eigenvalue weighted by molar-refractivity contribution is 7.15. The van der Waals surface area contributed by atoms with E-state index in [9.17, 15) is 13.6 Å². The molecule has 8 heteroatoms. The lowest BCUT2D eigenvalue weighted by Gasteiger charge is -2.06. The molecule has 146 valence electrons. The Balaban J connectivity index is 1.38. The molecule has 0 aliphatic heterocycles. The number of para-hydroxylation sites is 1. The molecule has 1 amide bonds. The first-order chi connectivity index (χ1) is 13.6. The van der Waals surface area contributed by atoms with Gasteiger partial charge in [-0.05, 0) is 29.8 Å². The minimum atomic E-state index is -0.885. The Morgan fingerprint density at radius 1 is 1.07 bits per heavy atom. The molecule has 0 unspecified atom stereocenters. The highest BCUT2D eigenvalue weighted by atomic mass is 32.1. The fourth-order valence-electron chi connectivity index (χ4n) is 2.35. The average Bonchev–Trinajstić information content (AvgIpc) is 3.12. The Bertz CT molecular complexity index is 919. The second-order valence-electron chi connectivity index (χ2n) is 5.82. The van der Waals surface area contributed by atoms with E-state index < -0.39 is 11.6 Å². The first-order valence-electron chi connectivity index (χ1n) is 8.54. The summed E-state index contributed by atoms with van der Waals surface area (Å²) < 4.78 is 37.0. The summed E-state index contributed by atoms with van der Waals surface area (Å²) in [5.41, 5.74) is 0.627. The predicted octanol–water partition coefficient (Wildman–Crippen LogP) is 4.05. The van der Waals surface area contributed by atoms with Crippen molar-refractivity contribution >= 4 is 22.4 Å². The molecule has 1 N–H and O–H groups in total. The van der Waals surface area contributed by atoms with Crippen molar-refractivity contribution in [2.45, 2.75) is 6.42 Å². The summed E-state index contributed by atoms with van der Waals surface area (Å²) in [7, 11) is 0. The molecule has 1 aromatic heterocycles. The standard InChI is InChI=1S/C20H18F2N2O3S/c21-17-7-6-14(11-18(17)22)10-16-12-23-20(28-16)24-19(25)13-26-8-9-27-15-4-2-1-3-5-15/h1-7,11-12H,8-10,13H2,(H,23,24,25). The van der Waals surface area contributed by atoms with Crippen molar-refractivity contribution < 1.29 is 23.0 Å². The molecule has 0 aliphatic rings. The van der Waals surface area contributed by atoms with Crippen LogP contribution in [0.1, 0.15) is 10.4 Å². The van der Waals surface area contributed by atoms with Gasteiger partial charge in [0.1, 0.15) is 19.0 Å². The second-order valence-corrected chi connectivity index (χ2v) is 6.93. The molecule has 0 saturated carbocycles. The Morgan fingerprint density at radius 3 is 2.68 bits per heavy atom. The monoisotopic (exact) mass is 404 g/mol. The van der Waals surface area contributed by atoms with Gasteiger partial charge >= 0.3 is 0 Å². The first-order valence-corrected chi connectivity index (χ1v) is 9.36. The van der Waals surface area contributed by atoms with Crippen molar-refractivity contribution in [2.24, 2.45) is 0 Å². The molecule has 0 fully saturated rings. The topological polar surface area (TPSA) is 60.5 Å². The molecular formula is C20H18F2N2O3S. The van der Waals surface area contributed by atoms with Crippen molar-refractivity contribution in [3.8, 4) is 5.75 Å². The molecule has 5 nitrogen and oxygen atoms in total. The molecule has 0 radical (unpaired) electrons. The molecule has 28 heavy (non-hydrogen) atoms. The van der Waals surface area contributed by atoms with E-state index in [0.717, 1.165) is 22.8 Å². The van der Waals surface area contributed by atoms with E-state index in [0.29, 0.717) is 23.7 Å². The normalized spacial score (nSPS) is 10.6. The van der Waals surface area contributed by atoms with E-state index >= 15 is 0 Å².